The fourth-order valence-corrected chi connectivity index (χ4v) is 14.4. The summed E-state index contributed by atoms with van der Waals surface area (Å²) in [6.07, 6.45) is 46.4. The van der Waals surface area contributed by atoms with E-state index in [1.54, 1.807) is 6.08 Å². The summed E-state index contributed by atoms with van der Waals surface area (Å²) in [5.41, 5.74) is 0. The summed E-state index contributed by atoms with van der Waals surface area (Å²) >= 11 is 0. The van der Waals surface area contributed by atoms with Crippen LogP contribution < -0.4 is 5.32 Å². The van der Waals surface area contributed by atoms with Crippen LogP contribution in [0.2, 0.25) is 0 Å². The number of aliphatic hydroxyl groups excluding tert-OH is 11. The zero-order valence-electron chi connectivity index (χ0n) is 62.8. The molecular formula is C80H153NO18. The Labute approximate surface area is 601 Å². The van der Waals surface area contributed by atoms with E-state index in [-0.39, 0.29) is 18.9 Å². The number of nitrogens with one attached hydrogen (secondary N) is 1. The Balaban J connectivity index is 1.33. The first kappa shape index (κ1) is 91.7. The van der Waals surface area contributed by atoms with Gasteiger partial charge in [-0.15, -0.1) is 0 Å². The molecule has 586 valence electrons. The molecule has 17 unspecified atom stereocenters. The summed E-state index contributed by atoms with van der Waals surface area (Å²) < 4.78 is 34.5. The highest BCUT2D eigenvalue weighted by atomic mass is 16.8. The van der Waals surface area contributed by atoms with Gasteiger partial charge in [0.25, 0.3) is 0 Å². The second-order valence-corrected chi connectivity index (χ2v) is 30.0. The maximum absolute atomic E-state index is 13.5. The highest BCUT2D eigenvalue weighted by Gasteiger charge is 2.54. The number of rotatable bonds is 67. The Morgan fingerprint density at radius 1 is 0.354 bits per heavy atom. The first-order chi connectivity index (χ1) is 48.3. The monoisotopic (exact) mass is 1420 g/mol. The molecule has 3 heterocycles. The van der Waals surface area contributed by atoms with E-state index in [9.17, 15) is 61.0 Å². The Morgan fingerprint density at radius 2 is 0.626 bits per heavy atom. The van der Waals surface area contributed by atoms with Crippen molar-refractivity contribution in [3.05, 3.63) is 12.2 Å². The lowest BCUT2D eigenvalue weighted by Gasteiger charge is -2.48. The van der Waals surface area contributed by atoms with E-state index >= 15 is 0 Å². The second-order valence-electron chi connectivity index (χ2n) is 30.0. The zero-order chi connectivity index (χ0) is 71.8. The molecular weight excluding hydrogens is 1260 g/mol. The molecule has 19 heteroatoms. The van der Waals surface area contributed by atoms with Crippen LogP contribution >= 0.6 is 0 Å². The van der Waals surface area contributed by atoms with Gasteiger partial charge in [-0.1, -0.05) is 347 Å². The van der Waals surface area contributed by atoms with Crippen LogP contribution in [0.25, 0.3) is 0 Å². The third-order valence-electron chi connectivity index (χ3n) is 21.1. The van der Waals surface area contributed by atoms with Crippen molar-refractivity contribution in [1.82, 2.24) is 5.32 Å². The molecule has 3 rings (SSSR count). The van der Waals surface area contributed by atoms with Gasteiger partial charge in [-0.25, -0.2) is 0 Å². The van der Waals surface area contributed by atoms with Gasteiger partial charge in [0.15, 0.2) is 18.9 Å². The topological polar surface area (TPSA) is 307 Å². The number of allylic oxidation sites excluding steroid dienone is 1. The van der Waals surface area contributed by atoms with Crippen LogP contribution in [-0.4, -0.2) is 193 Å². The molecule has 17 atom stereocenters. The van der Waals surface area contributed by atoms with E-state index in [0.29, 0.717) is 6.42 Å². The molecule has 0 radical (unpaired) electrons. The molecule has 3 saturated heterocycles. The van der Waals surface area contributed by atoms with Crippen molar-refractivity contribution in [1.29, 1.82) is 0 Å². The summed E-state index contributed by atoms with van der Waals surface area (Å²) in [5.74, 6) is -0.266. The van der Waals surface area contributed by atoms with Crippen molar-refractivity contribution in [2.45, 2.75) is 465 Å². The third kappa shape index (κ3) is 41.9. The van der Waals surface area contributed by atoms with Crippen molar-refractivity contribution < 1.29 is 89.4 Å². The highest BCUT2D eigenvalue weighted by Crippen LogP contribution is 2.33. The molecule has 0 aromatic heterocycles. The summed E-state index contributed by atoms with van der Waals surface area (Å²) in [4.78, 5) is 13.5. The number of hydrogen-bond donors (Lipinski definition) is 12. The predicted molar refractivity (Wildman–Crippen MR) is 393 cm³/mol. The highest BCUT2D eigenvalue weighted by molar-refractivity contribution is 5.76. The van der Waals surface area contributed by atoms with Crippen LogP contribution in [0.5, 0.6) is 0 Å². The number of hydrogen-bond acceptors (Lipinski definition) is 18. The van der Waals surface area contributed by atoms with Crippen LogP contribution in [0.3, 0.4) is 0 Å². The smallest absolute Gasteiger partial charge is 0.220 e. The Hall–Kier alpha value is -1.47. The van der Waals surface area contributed by atoms with Gasteiger partial charge < -0.3 is 89.9 Å². The third-order valence-corrected chi connectivity index (χ3v) is 21.1. The molecule has 3 aliphatic rings. The number of carbonyl (C=O) groups is 1. The van der Waals surface area contributed by atoms with E-state index in [1.165, 1.54) is 289 Å². The van der Waals surface area contributed by atoms with Gasteiger partial charge in [0.05, 0.1) is 38.6 Å². The fourth-order valence-electron chi connectivity index (χ4n) is 14.4. The van der Waals surface area contributed by atoms with E-state index in [2.05, 4.69) is 19.2 Å². The van der Waals surface area contributed by atoms with Crippen LogP contribution in [0, 0.1) is 0 Å². The fraction of sp³-hybridized carbons (Fsp3) is 0.963. The molecule has 3 fully saturated rings. The first-order valence-electron chi connectivity index (χ1n) is 41.4. The summed E-state index contributed by atoms with van der Waals surface area (Å²) in [5, 5.41) is 121. The van der Waals surface area contributed by atoms with Crippen molar-refractivity contribution in [3.63, 3.8) is 0 Å². The minimum absolute atomic E-state index is 0.250. The van der Waals surface area contributed by atoms with Crippen molar-refractivity contribution >= 4 is 5.91 Å². The van der Waals surface area contributed by atoms with E-state index in [4.69, 9.17) is 28.4 Å². The van der Waals surface area contributed by atoms with E-state index < -0.39 is 124 Å². The maximum Gasteiger partial charge on any atom is 0.220 e. The Morgan fingerprint density at radius 3 is 0.949 bits per heavy atom. The first-order valence-corrected chi connectivity index (χ1v) is 41.4. The lowest BCUT2D eigenvalue weighted by Crippen LogP contribution is -2.66. The van der Waals surface area contributed by atoms with Gasteiger partial charge in [-0.3, -0.25) is 4.79 Å². The number of unbranched alkanes of at least 4 members (excludes halogenated alkanes) is 51. The van der Waals surface area contributed by atoms with Crippen LogP contribution in [-0.2, 0) is 33.2 Å². The number of aliphatic hydroxyl groups is 11. The molecule has 3 aliphatic heterocycles. The van der Waals surface area contributed by atoms with Gasteiger partial charge >= 0.3 is 0 Å². The Bertz CT molecular complexity index is 1840. The Kier molecular flexibility index (Phi) is 57.1. The van der Waals surface area contributed by atoms with Gasteiger partial charge in [-0.05, 0) is 19.3 Å². The molecule has 0 bridgehead atoms. The minimum Gasteiger partial charge on any atom is -0.394 e. The largest absolute Gasteiger partial charge is 0.394 e. The molecule has 0 aromatic rings. The van der Waals surface area contributed by atoms with Crippen LogP contribution in [0.4, 0.5) is 0 Å². The van der Waals surface area contributed by atoms with Crippen molar-refractivity contribution in [2.24, 2.45) is 0 Å². The molecule has 0 aromatic carbocycles. The normalized spacial score (nSPS) is 26.6. The lowest BCUT2D eigenvalue weighted by atomic mass is 9.96. The average molecular weight is 1420 g/mol. The van der Waals surface area contributed by atoms with Gasteiger partial charge in [0.2, 0.25) is 5.91 Å². The zero-order valence-corrected chi connectivity index (χ0v) is 62.8. The molecule has 0 aliphatic carbocycles. The summed E-state index contributed by atoms with van der Waals surface area (Å²) in [7, 11) is 0. The van der Waals surface area contributed by atoms with E-state index in [1.807, 2.05) is 6.08 Å². The summed E-state index contributed by atoms with van der Waals surface area (Å²) in [6, 6.07) is -0.970. The molecule has 12 N–H and O–H groups in total. The van der Waals surface area contributed by atoms with Crippen molar-refractivity contribution in [3.8, 4) is 0 Å². The van der Waals surface area contributed by atoms with Crippen LogP contribution in [0.1, 0.15) is 361 Å². The van der Waals surface area contributed by atoms with Gasteiger partial charge in [-0.2, -0.15) is 0 Å². The average Bonchev–Trinajstić information content (AvgIpc) is 0.893. The van der Waals surface area contributed by atoms with E-state index in [0.717, 1.165) is 44.9 Å². The number of ether oxygens (including phenoxy) is 6. The van der Waals surface area contributed by atoms with Gasteiger partial charge in [0, 0.05) is 6.42 Å². The molecule has 0 spiro atoms. The number of amides is 1. The molecule has 99 heavy (non-hydrogen) atoms. The predicted octanol–water partition coefficient (Wildman–Crippen LogP) is 14.0. The standard InChI is InChI=1S/C80H153NO18/c1-3-5-7-9-11-13-15-17-19-21-23-25-26-27-28-29-30-31-32-33-34-35-36-37-38-40-42-44-46-48-50-52-54-56-58-68(86)81-63(64(85)57-55-53-51-49-47-45-43-41-39-24-22-20-18-16-14-12-10-8-6-4-2)62-94-78-74(92)71(89)76(66(60-83)96-78)99-80-75(93)72(90)77(67(61-84)97-80)98-79-73(91)70(88)69(87)65(59-82)95-79/h55,57,63-67,69-80,82-85,87-93H,3-54,56,58-62H2,1-2H3,(H,81,86)/b57-55+. The SMILES string of the molecule is CCCCCCCCCCCCCCCCCCCC/C=C/C(O)C(COC1OC(CO)C(OC2OC(CO)C(OC3OC(CO)C(O)C(O)C3O)C(O)C2O)C(O)C1O)NC(=O)CCCCCCCCCCCCCCCCCCCCCCCCCCCCCCCCCCCC. The van der Waals surface area contributed by atoms with Gasteiger partial charge in [0.1, 0.15) is 73.2 Å². The molecule has 19 nitrogen and oxygen atoms in total. The molecule has 0 saturated carbocycles. The summed E-state index contributed by atoms with van der Waals surface area (Å²) in [6.45, 7) is 1.80. The number of carbonyl (C=O) groups excluding carboxylic acids is 1. The maximum atomic E-state index is 13.5. The minimum atomic E-state index is -1.98. The van der Waals surface area contributed by atoms with Crippen molar-refractivity contribution in [2.75, 3.05) is 26.4 Å². The quantitative estimate of drug-likeness (QED) is 0.0199. The second kappa shape index (κ2) is 61.7. The lowest BCUT2D eigenvalue weighted by molar-refractivity contribution is -0.379. The van der Waals surface area contributed by atoms with Crippen LogP contribution in [0.15, 0.2) is 12.2 Å². The molecule has 1 amide bonds.